The number of carbonyl (C=O) groups excluding carboxylic acids is 2. The molecule has 3 rings (SSSR count). The Morgan fingerprint density at radius 2 is 1.61 bits per heavy atom. The maximum atomic E-state index is 12.9. The van der Waals surface area contributed by atoms with Crippen molar-refractivity contribution in [3.05, 3.63) is 95.6 Å². The Balaban J connectivity index is 1.67. The Hall–Kier alpha value is -3.49. The van der Waals surface area contributed by atoms with Gasteiger partial charge in [0, 0.05) is 24.3 Å². The second kappa shape index (κ2) is 10.4. The Kier molecular flexibility index (Phi) is 7.63. The summed E-state index contributed by atoms with van der Waals surface area (Å²) in [7, 11) is -2.36. The lowest BCUT2D eigenvalue weighted by molar-refractivity contribution is -0.116. The van der Waals surface area contributed by atoms with Gasteiger partial charge < -0.3 is 10.2 Å². The van der Waals surface area contributed by atoms with E-state index in [2.05, 4.69) is 10.0 Å². The van der Waals surface area contributed by atoms with Crippen molar-refractivity contribution in [1.82, 2.24) is 9.62 Å². The number of anilines is 1. The fourth-order valence-electron chi connectivity index (χ4n) is 3.25. The van der Waals surface area contributed by atoms with Crippen molar-refractivity contribution in [2.75, 3.05) is 18.9 Å². The third-order valence-electron chi connectivity index (χ3n) is 5.09. The molecule has 8 heteroatoms. The van der Waals surface area contributed by atoms with Crippen LogP contribution in [0.15, 0.2) is 83.8 Å². The Labute approximate surface area is 194 Å². The molecule has 0 aliphatic heterocycles. The number of likely N-dealkylation sites (N-methyl/N-ethyl adjacent to an activating group) is 1. The number of nitrogens with one attached hydrogen (secondary N) is 2. The number of carbonyl (C=O) groups is 2. The van der Waals surface area contributed by atoms with Crippen LogP contribution < -0.4 is 10.0 Å². The highest BCUT2D eigenvalue weighted by Crippen LogP contribution is 2.18. The summed E-state index contributed by atoms with van der Waals surface area (Å²) >= 11 is 0. The number of rotatable bonds is 8. The average molecular weight is 466 g/mol. The van der Waals surface area contributed by atoms with Gasteiger partial charge in [-0.1, -0.05) is 54.1 Å². The standard InChI is InChI=1S/C25H27N3O4S/c1-18-12-14-22(15-13-18)26-24(29)17-28(3)25(30)21-10-7-11-23(16-21)33(31,32)27-19(2)20-8-5-4-6-9-20/h4-16,19,27H,17H2,1-3H3,(H,26,29). The van der Waals surface area contributed by atoms with Crippen molar-refractivity contribution < 1.29 is 18.0 Å². The van der Waals surface area contributed by atoms with Crippen LogP contribution in [0.3, 0.4) is 0 Å². The number of amides is 2. The van der Waals surface area contributed by atoms with Crippen LogP contribution in [0.2, 0.25) is 0 Å². The molecule has 0 aromatic heterocycles. The highest BCUT2D eigenvalue weighted by molar-refractivity contribution is 7.89. The third-order valence-corrected chi connectivity index (χ3v) is 6.62. The molecule has 33 heavy (non-hydrogen) atoms. The van der Waals surface area contributed by atoms with Gasteiger partial charge in [0.15, 0.2) is 0 Å². The number of sulfonamides is 1. The minimum absolute atomic E-state index is 0.0198. The third kappa shape index (κ3) is 6.50. The van der Waals surface area contributed by atoms with Gasteiger partial charge in [0.1, 0.15) is 0 Å². The van der Waals surface area contributed by atoms with Crippen molar-refractivity contribution in [1.29, 1.82) is 0 Å². The molecule has 172 valence electrons. The molecule has 0 bridgehead atoms. The van der Waals surface area contributed by atoms with Crippen molar-refractivity contribution >= 4 is 27.5 Å². The number of benzene rings is 3. The SMILES string of the molecule is Cc1ccc(NC(=O)CN(C)C(=O)c2cccc(S(=O)(=O)NC(C)c3ccccc3)c2)cc1. The van der Waals surface area contributed by atoms with Crippen LogP contribution in [0.4, 0.5) is 5.69 Å². The van der Waals surface area contributed by atoms with Crippen molar-refractivity contribution in [3.63, 3.8) is 0 Å². The van der Waals surface area contributed by atoms with Crippen LogP contribution in [-0.2, 0) is 14.8 Å². The highest BCUT2D eigenvalue weighted by Gasteiger charge is 2.21. The molecule has 0 saturated carbocycles. The minimum Gasteiger partial charge on any atom is -0.332 e. The van der Waals surface area contributed by atoms with E-state index in [0.717, 1.165) is 11.1 Å². The molecule has 0 aliphatic rings. The number of aryl methyl sites for hydroxylation is 1. The first kappa shape index (κ1) is 24.2. The van der Waals surface area contributed by atoms with E-state index in [-0.39, 0.29) is 22.9 Å². The summed E-state index contributed by atoms with van der Waals surface area (Å²) in [5, 5.41) is 2.74. The van der Waals surface area contributed by atoms with Crippen molar-refractivity contribution in [2.24, 2.45) is 0 Å². The summed E-state index contributed by atoms with van der Waals surface area (Å²) in [6.07, 6.45) is 0. The Morgan fingerprint density at radius 3 is 2.27 bits per heavy atom. The summed E-state index contributed by atoms with van der Waals surface area (Å²) in [4.78, 5) is 26.4. The molecular weight excluding hydrogens is 438 g/mol. The zero-order valence-corrected chi connectivity index (χ0v) is 19.6. The predicted octanol–water partition coefficient (Wildman–Crippen LogP) is 3.75. The van der Waals surface area contributed by atoms with Gasteiger partial charge in [-0.3, -0.25) is 9.59 Å². The first-order valence-electron chi connectivity index (χ1n) is 10.4. The van der Waals surface area contributed by atoms with E-state index < -0.39 is 22.0 Å². The van der Waals surface area contributed by atoms with Crippen LogP contribution in [0.5, 0.6) is 0 Å². The lowest BCUT2D eigenvalue weighted by Crippen LogP contribution is -2.35. The molecule has 0 heterocycles. The highest BCUT2D eigenvalue weighted by atomic mass is 32.2. The summed E-state index contributed by atoms with van der Waals surface area (Å²) in [5.41, 5.74) is 2.71. The Bertz CT molecular complexity index is 1230. The molecule has 0 radical (unpaired) electrons. The van der Waals surface area contributed by atoms with Crippen LogP contribution in [0, 0.1) is 6.92 Å². The number of hydrogen-bond donors (Lipinski definition) is 2. The fourth-order valence-corrected chi connectivity index (χ4v) is 4.53. The van der Waals surface area contributed by atoms with E-state index in [0.29, 0.717) is 5.69 Å². The van der Waals surface area contributed by atoms with E-state index in [9.17, 15) is 18.0 Å². The fraction of sp³-hybridized carbons (Fsp3) is 0.200. The van der Waals surface area contributed by atoms with Crippen LogP contribution >= 0.6 is 0 Å². The average Bonchev–Trinajstić information content (AvgIpc) is 2.80. The molecule has 2 N–H and O–H groups in total. The maximum absolute atomic E-state index is 12.9. The molecular formula is C25H27N3O4S. The van der Waals surface area contributed by atoms with E-state index in [1.165, 1.54) is 36.2 Å². The van der Waals surface area contributed by atoms with Crippen LogP contribution in [0.25, 0.3) is 0 Å². The van der Waals surface area contributed by atoms with E-state index in [1.807, 2.05) is 49.4 Å². The minimum atomic E-state index is -3.86. The molecule has 2 amide bonds. The predicted molar refractivity (Wildman–Crippen MR) is 128 cm³/mol. The van der Waals surface area contributed by atoms with Gasteiger partial charge in [0.2, 0.25) is 15.9 Å². The zero-order valence-electron chi connectivity index (χ0n) is 18.8. The van der Waals surface area contributed by atoms with Gasteiger partial charge in [-0.05, 0) is 49.7 Å². The van der Waals surface area contributed by atoms with Gasteiger partial charge in [0.05, 0.1) is 11.4 Å². The van der Waals surface area contributed by atoms with Gasteiger partial charge in [0.25, 0.3) is 5.91 Å². The molecule has 3 aromatic carbocycles. The monoisotopic (exact) mass is 465 g/mol. The number of nitrogens with zero attached hydrogens (tertiary/aromatic N) is 1. The second-order valence-corrected chi connectivity index (χ2v) is 9.57. The lowest BCUT2D eigenvalue weighted by atomic mass is 10.1. The molecule has 1 unspecified atom stereocenters. The van der Waals surface area contributed by atoms with Gasteiger partial charge in [-0.2, -0.15) is 0 Å². The molecule has 0 saturated heterocycles. The molecule has 7 nitrogen and oxygen atoms in total. The first-order chi connectivity index (χ1) is 15.7. The first-order valence-corrected chi connectivity index (χ1v) is 11.9. The summed E-state index contributed by atoms with van der Waals surface area (Å²) in [5.74, 6) is -0.806. The summed E-state index contributed by atoms with van der Waals surface area (Å²) in [6.45, 7) is 3.53. The molecule has 1 atom stereocenters. The van der Waals surface area contributed by atoms with Gasteiger partial charge in [-0.15, -0.1) is 0 Å². The van der Waals surface area contributed by atoms with Crippen LogP contribution in [0.1, 0.15) is 34.5 Å². The summed E-state index contributed by atoms with van der Waals surface area (Å²) in [6, 6.07) is 21.9. The topological polar surface area (TPSA) is 95.6 Å². The molecule has 0 fully saturated rings. The van der Waals surface area contributed by atoms with Crippen LogP contribution in [-0.4, -0.2) is 38.7 Å². The van der Waals surface area contributed by atoms with E-state index in [1.54, 1.807) is 19.1 Å². The molecule has 3 aromatic rings. The van der Waals surface area contributed by atoms with Crippen molar-refractivity contribution in [3.8, 4) is 0 Å². The lowest BCUT2D eigenvalue weighted by Gasteiger charge is -2.18. The largest absolute Gasteiger partial charge is 0.332 e. The normalized spacial score (nSPS) is 12.1. The Morgan fingerprint density at radius 1 is 0.939 bits per heavy atom. The summed E-state index contributed by atoms with van der Waals surface area (Å²) < 4.78 is 28.4. The molecule has 0 spiro atoms. The van der Waals surface area contributed by atoms with Crippen molar-refractivity contribution in [2.45, 2.75) is 24.8 Å². The smallest absolute Gasteiger partial charge is 0.254 e. The van der Waals surface area contributed by atoms with Gasteiger partial charge in [-0.25, -0.2) is 13.1 Å². The second-order valence-electron chi connectivity index (χ2n) is 7.86. The zero-order chi connectivity index (χ0) is 24.0. The quantitative estimate of drug-likeness (QED) is 0.530. The molecule has 0 aliphatic carbocycles. The number of hydrogen-bond acceptors (Lipinski definition) is 4. The van der Waals surface area contributed by atoms with Gasteiger partial charge >= 0.3 is 0 Å². The maximum Gasteiger partial charge on any atom is 0.254 e. The van der Waals surface area contributed by atoms with E-state index in [4.69, 9.17) is 0 Å². The van der Waals surface area contributed by atoms with E-state index >= 15 is 0 Å².